The Hall–Kier alpha value is 1.07. The van der Waals surface area contributed by atoms with E-state index >= 15 is 0 Å². The number of hydrogen-bond donors (Lipinski definition) is 1. The van der Waals surface area contributed by atoms with Gasteiger partial charge in [0, 0.05) is 57.9 Å². The molecule has 0 bridgehead atoms. The molecular weight excluding hydrogens is 145 g/mol. The third kappa shape index (κ3) is 12.3. The summed E-state index contributed by atoms with van der Waals surface area (Å²) in [7, 11) is 3.70. The molecule has 0 spiro atoms. The summed E-state index contributed by atoms with van der Waals surface area (Å²) in [5.41, 5.74) is 0. The molecule has 0 aromatic carbocycles. The molecule has 4 heteroatoms. The molecule has 0 heterocycles. The Morgan fingerprint density at radius 1 is 1.56 bits per heavy atom. The zero-order chi connectivity index (χ0) is 6.57. The van der Waals surface area contributed by atoms with Crippen LogP contribution >= 0.6 is 0 Å². The van der Waals surface area contributed by atoms with Gasteiger partial charge in [0.05, 0.1) is 6.42 Å². The quantitative estimate of drug-likeness (QED) is 0.567. The minimum atomic E-state index is -0.737. The molecule has 0 aliphatic carbocycles. The Balaban J connectivity index is 0. The monoisotopic (exact) mass is 156 g/mol. The molecule has 0 rings (SSSR count). The minimum Gasteiger partial charge on any atom is -0.481 e. The van der Waals surface area contributed by atoms with E-state index < -0.39 is 5.97 Å². The molecular formula is C5H11KNO2. The van der Waals surface area contributed by atoms with Gasteiger partial charge in [-0.05, 0) is 14.1 Å². The third-order valence-corrected chi connectivity index (χ3v) is 0.773. The van der Waals surface area contributed by atoms with E-state index in [0.29, 0.717) is 6.54 Å². The maximum atomic E-state index is 9.88. The van der Waals surface area contributed by atoms with E-state index in [4.69, 9.17) is 5.11 Å². The Kier molecular flexibility index (Phi) is 10.1. The van der Waals surface area contributed by atoms with Crippen LogP contribution in [0.2, 0.25) is 0 Å². The second-order valence-corrected chi connectivity index (χ2v) is 1.95. The smallest absolute Gasteiger partial charge is 0.304 e. The number of carboxylic acids is 1. The molecule has 9 heavy (non-hydrogen) atoms. The van der Waals surface area contributed by atoms with Crippen molar-refractivity contribution in [3.63, 3.8) is 0 Å². The van der Waals surface area contributed by atoms with Crippen LogP contribution in [0.4, 0.5) is 0 Å². The number of aliphatic carboxylic acids is 1. The van der Waals surface area contributed by atoms with Crippen molar-refractivity contribution in [1.82, 2.24) is 4.90 Å². The average Bonchev–Trinajstić information content (AvgIpc) is 1.61. The zero-order valence-electron chi connectivity index (χ0n) is 6.22. The fourth-order valence-electron chi connectivity index (χ4n) is 0.319. The van der Waals surface area contributed by atoms with Gasteiger partial charge in [-0.2, -0.15) is 0 Å². The van der Waals surface area contributed by atoms with E-state index in [1.54, 1.807) is 0 Å². The fourth-order valence-corrected chi connectivity index (χ4v) is 0.319. The van der Waals surface area contributed by atoms with Gasteiger partial charge in [-0.3, -0.25) is 4.79 Å². The maximum Gasteiger partial charge on any atom is 0.304 e. The summed E-state index contributed by atoms with van der Waals surface area (Å²) >= 11 is 0. The second-order valence-electron chi connectivity index (χ2n) is 1.95. The summed E-state index contributed by atoms with van der Waals surface area (Å²) in [6, 6.07) is 0. The van der Waals surface area contributed by atoms with Crippen molar-refractivity contribution in [2.75, 3.05) is 20.6 Å². The van der Waals surface area contributed by atoms with Crippen molar-refractivity contribution in [3.8, 4) is 0 Å². The van der Waals surface area contributed by atoms with Gasteiger partial charge in [-0.25, -0.2) is 0 Å². The van der Waals surface area contributed by atoms with Crippen molar-refractivity contribution < 1.29 is 9.90 Å². The van der Waals surface area contributed by atoms with E-state index in [1.165, 1.54) is 0 Å². The van der Waals surface area contributed by atoms with E-state index in [-0.39, 0.29) is 57.8 Å². The van der Waals surface area contributed by atoms with Gasteiger partial charge in [0.1, 0.15) is 0 Å². The predicted octanol–water partition coefficient (Wildman–Crippen LogP) is -0.358. The molecule has 0 aliphatic heterocycles. The summed E-state index contributed by atoms with van der Waals surface area (Å²) in [6.45, 7) is 0.620. The predicted molar refractivity (Wildman–Crippen MR) is 36.6 cm³/mol. The van der Waals surface area contributed by atoms with Crippen LogP contribution in [-0.2, 0) is 4.79 Å². The maximum absolute atomic E-state index is 9.88. The summed E-state index contributed by atoms with van der Waals surface area (Å²) in [6.07, 6.45) is 0.229. The molecule has 0 unspecified atom stereocenters. The molecule has 0 fully saturated rings. The molecule has 0 amide bonds. The van der Waals surface area contributed by atoms with Crippen molar-refractivity contribution in [3.05, 3.63) is 0 Å². The minimum absolute atomic E-state index is 0. The zero-order valence-corrected chi connectivity index (χ0v) is 9.34. The van der Waals surface area contributed by atoms with Crippen LogP contribution in [0.1, 0.15) is 6.42 Å². The van der Waals surface area contributed by atoms with Gasteiger partial charge in [0.25, 0.3) is 0 Å². The Morgan fingerprint density at radius 3 is 2.11 bits per heavy atom. The van der Waals surface area contributed by atoms with Gasteiger partial charge in [0.15, 0.2) is 0 Å². The van der Waals surface area contributed by atoms with Crippen molar-refractivity contribution in [1.29, 1.82) is 0 Å². The summed E-state index contributed by atoms with van der Waals surface area (Å²) in [5.74, 6) is -0.737. The topological polar surface area (TPSA) is 40.5 Å². The molecule has 49 valence electrons. The number of carboxylic acid groups (broad SMARTS) is 1. The molecule has 0 aliphatic rings. The summed E-state index contributed by atoms with van der Waals surface area (Å²) < 4.78 is 0. The first-order chi connectivity index (χ1) is 3.63. The first-order valence-corrected chi connectivity index (χ1v) is 2.49. The van der Waals surface area contributed by atoms with Crippen molar-refractivity contribution in [2.45, 2.75) is 6.42 Å². The number of hydrogen-bond acceptors (Lipinski definition) is 2. The SMILES string of the molecule is CN(C)CCC(=O)O.[K]. The first kappa shape index (κ1) is 12.7. The fraction of sp³-hybridized carbons (Fsp3) is 0.800. The molecule has 0 saturated heterocycles. The Morgan fingerprint density at radius 2 is 2.00 bits per heavy atom. The van der Waals surface area contributed by atoms with Crippen LogP contribution in [0, 0.1) is 0 Å². The van der Waals surface area contributed by atoms with Crippen LogP contribution in [0.5, 0.6) is 0 Å². The van der Waals surface area contributed by atoms with E-state index in [1.807, 2.05) is 19.0 Å². The van der Waals surface area contributed by atoms with Crippen LogP contribution in [-0.4, -0.2) is 88.0 Å². The molecule has 1 radical (unpaired) electrons. The number of rotatable bonds is 3. The Bertz CT molecular complexity index is 85.0. The van der Waals surface area contributed by atoms with Crippen LogP contribution < -0.4 is 0 Å². The van der Waals surface area contributed by atoms with Crippen molar-refractivity contribution in [2.24, 2.45) is 0 Å². The summed E-state index contributed by atoms with van der Waals surface area (Å²) in [4.78, 5) is 11.7. The molecule has 0 aromatic rings. The summed E-state index contributed by atoms with van der Waals surface area (Å²) in [5, 5.41) is 8.14. The van der Waals surface area contributed by atoms with E-state index in [2.05, 4.69) is 0 Å². The first-order valence-electron chi connectivity index (χ1n) is 2.49. The second kappa shape index (κ2) is 7.18. The van der Waals surface area contributed by atoms with E-state index in [0.717, 1.165) is 0 Å². The molecule has 0 saturated carbocycles. The van der Waals surface area contributed by atoms with Gasteiger partial charge in [-0.15, -0.1) is 0 Å². The van der Waals surface area contributed by atoms with Gasteiger partial charge >= 0.3 is 5.97 Å². The molecule has 0 atom stereocenters. The molecule has 1 N–H and O–H groups in total. The van der Waals surface area contributed by atoms with Gasteiger partial charge in [-0.1, -0.05) is 0 Å². The Labute approximate surface area is 97.8 Å². The third-order valence-electron chi connectivity index (χ3n) is 0.773. The van der Waals surface area contributed by atoms with Gasteiger partial charge in [0.2, 0.25) is 0 Å². The van der Waals surface area contributed by atoms with E-state index in [9.17, 15) is 4.79 Å². The largest absolute Gasteiger partial charge is 0.481 e. The van der Waals surface area contributed by atoms with Gasteiger partial charge < -0.3 is 10.0 Å². The van der Waals surface area contributed by atoms with Crippen LogP contribution in [0.25, 0.3) is 0 Å². The van der Waals surface area contributed by atoms with Crippen LogP contribution in [0.15, 0.2) is 0 Å². The van der Waals surface area contributed by atoms with Crippen LogP contribution in [0.3, 0.4) is 0 Å². The number of carbonyl (C=O) groups is 1. The number of nitrogens with zero attached hydrogens (tertiary/aromatic N) is 1. The standard InChI is InChI=1S/C5H11NO2.K/c1-6(2)4-3-5(7)8;/h3-4H2,1-2H3,(H,7,8);. The normalized spacial score (nSPS) is 8.78. The average molecular weight is 156 g/mol. The molecule has 3 nitrogen and oxygen atoms in total. The van der Waals surface area contributed by atoms with Crippen molar-refractivity contribution >= 4 is 57.4 Å². The molecule has 0 aromatic heterocycles.